The molecule has 3 rings (SSSR count). The van der Waals surface area contributed by atoms with Gasteiger partial charge in [-0.3, -0.25) is 9.59 Å². The van der Waals surface area contributed by atoms with Crippen molar-refractivity contribution in [2.24, 2.45) is 0 Å². The molecule has 5 nitrogen and oxygen atoms in total. The summed E-state index contributed by atoms with van der Waals surface area (Å²) in [6.45, 7) is 0.604. The number of amides is 1. The van der Waals surface area contributed by atoms with Gasteiger partial charge in [-0.25, -0.2) is 4.39 Å². The highest BCUT2D eigenvalue weighted by Gasteiger charge is 2.28. The number of carbonyl (C=O) groups is 1. The number of pyridine rings is 1. The van der Waals surface area contributed by atoms with E-state index in [-0.39, 0.29) is 35.6 Å². The molecular formula is C19H21FN2O3. The summed E-state index contributed by atoms with van der Waals surface area (Å²) in [5.41, 5.74) is 0.598. The first kappa shape index (κ1) is 17.2. The third-order valence-electron chi connectivity index (χ3n) is 4.59. The largest absolute Gasteiger partial charge is 0.491 e. The molecule has 25 heavy (non-hydrogen) atoms. The van der Waals surface area contributed by atoms with E-state index in [9.17, 15) is 14.0 Å². The number of ether oxygens (including phenoxy) is 1. The molecule has 1 aromatic heterocycles. The predicted octanol–water partition coefficient (Wildman–Crippen LogP) is 2.75. The molecule has 1 fully saturated rings. The number of benzene rings is 1. The second-order valence-corrected chi connectivity index (χ2v) is 6.16. The third-order valence-corrected chi connectivity index (χ3v) is 4.59. The second-order valence-electron chi connectivity index (χ2n) is 6.16. The number of likely N-dealkylation sites (tertiary alicyclic amines) is 1. The molecule has 1 saturated heterocycles. The van der Waals surface area contributed by atoms with Gasteiger partial charge in [0.1, 0.15) is 12.4 Å². The van der Waals surface area contributed by atoms with Crippen molar-refractivity contribution in [3.63, 3.8) is 0 Å². The first-order valence-corrected chi connectivity index (χ1v) is 8.38. The number of carbonyl (C=O) groups excluding carboxylic acids is 1. The van der Waals surface area contributed by atoms with E-state index in [1.165, 1.54) is 23.8 Å². The van der Waals surface area contributed by atoms with Crippen LogP contribution in [0.15, 0.2) is 47.4 Å². The molecule has 2 aromatic rings. The first-order valence-electron chi connectivity index (χ1n) is 8.38. The molecule has 1 aliphatic heterocycles. The molecule has 0 bridgehead atoms. The number of nitrogens with zero attached hydrogens (tertiary/aromatic N) is 2. The Morgan fingerprint density at radius 2 is 2.00 bits per heavy atom. The Bertz CT molecular complexity index is 801. The van der Waals surface area contributed by atoms with Gasteiger partial charge in [-0.15, -0.1) is 0 Å². The Balaban J connectivity index is 1.82. The van der Waals surface area contributed by atoms with Gasteiger partial charge >= 0.3 is 0 Å². The van der Waals surface area contributed by atoms with Crippen LogP contribution in [0.2, 0.25) is 0 Å². The van der Waals surface area contributed by atoms with Gasteiger partial charge in [0.15, 0.2) is 5.75 Å². The lowest BCUT2D eigenvalue weighted by Crippen LogP contribution is -2.41. The summed E-state index contributed by atoms with van der Waals surface area (Å²) in [5, 5.41) is 0. The number of methoxy groups -OCH3 is 1. The monoisotopic (exact) mass is 344 g/mol. The van der Waals surface area contributed by atoms with Crippen molar-refractivity contribution in [1.29, 1.82) is 0 Å². The fourth-order valence-corrected chi connectivity index (χ4v) is 3.29. The quantitative estimate of drug-likeness (QED) is 0.857. The highest BCUT2D eigenvalue weighted by molar-refractivity contribution is 5.76. The van der Waals surface area contributed by atoms with Gasteiger partial charge in [0.2, 0.25) is 5.91 Å². The van der Waals surface area contributed by atoms with Crippen LogP contribution in [0.1, 0.15) is 30.9 Å². The summed E-state index contributed by atoms with van der Waals surface area (Å²) >= 11 is 0. The zero-order valence-corrected chi connectivity index (χ0v) is 14.2. The number of aromatic nitrogens is 1. The van der Waals surface area contributed by atoms with Crippen LogP contribution in [0, 0.1) is 5.82 Å². The SMILES string of the molecule is COc1cccn(CC(=O)N2CCCC[C@H]2c2ccc(F)cc2)c1=O. The average molecular weight is 344 g/mol. The van der Waals surface area contributed by atoms with Crippen molar-refractivity contribution in [2.45, 2.75) is 31.8 Å². The standard InChI is InChI=1S/C19H21FN2O3/c1-25-17-6-4-11-21(19(17)24)13-18(23)22-12-3-2-5-16(22)14-7-9-15(20)10-8-14/h4,6-11,16H,2-3,5,12-13H2,1H3/t16-/m0/s1. The number of rotatable bonds is 4. The number of hydrogen-bond donors (Lipinski definition) is 0. The maximum Gasteiger partial charge on any atom is 0.293 e. The van der Waals surface area contributed by atoms with E-state index in [1.807, 2.05) is 0 Å². The molecule has 1 atom stereocenters. The van der Waals surface area contributed by atoms with Crippen molar-refractivity contribution in [3.8, 4) is 5.75 Å². The molecule has 0 unspecified atom stereocenters. The second kappa shape index (κ2) is 7.51. The zero-order valence-electron chi connectivity index (χ0n) is 14.2. The Kier molecular flexibility index (Phi) is 5.16. The van der Waals surface area contributed by atoms with Crippen LogP contribution in [-0.4, -0.2) is 29.0 Å². The lowest BCUT2D eigenvalue weighted by molar-refractivity contribution is -0.135. The lowest BCUT2D eigenvalue weighted by Gasteiger charge is -2.36. The van der Waals surface area contributed by atoms with Gasteiger partial charge in [-0.2, -0.15) is 0 Å². The molecule has 1 aromatic carbocycles. The van der Waals surface area contributed by atoms with Crippen LogP contribution in [0.4, 0.5) is 4.39 Å². The third kappa shape index (κ3) is 3.73. The van der Waals surface area contributed by atoms with E-state index >= 15 is 0 Å². The smallest absolute Gasteiger partial charge is 0.293 e. The van der Waals surface area contributed by atoms with Crippen LogP contribution < -0.4 is 10.3 Å². The van der Waals surface area contributed by atoms with Gasteiger partial charge < -0.3 is 14.2 Å². The molecule has 6 heteroatoms. The average Bonchev–Trinajstić information content (AvgIpc) is 2.64. The molecule has 1 aliphatic rings. The molecular weight excluding hydrogens is 323 g/mol. The van der Waals surface area contributed by atoms with E-state index < -0.39 is 0 Å². The van der Waals surface area contributed by atoms with Gasteiger partial charge in [0.05, 0.1) is 13.2 Å². The van der Waals surface area contributed by atoms with Crippen molar-refractivity contribution in [3.05, 3.63) is 64.3 Å². The van der Waals surface area contributed by atoms with E-state index in [2.05, 4.69) is 0 Å². The minimum atomic E-state index is -0.325. The fraction of sp³-hybridized carbons (Fsp3) is 0.368. The van der Waals surface area contributed by atoms with Gasteiger partial charge in [0.25, 0.3) is 5.56 Å². The van der Waals surface area contributed by atoms with E-state index in [0.29, 0.717) is 6.54 Å². The minimum absolute atomic E-state index is 0.0340. The predicted molar refractivity (Wildman–Crippen MR) is 92.0 cm³/mol. The zero-order chi connectivity index (χ0) is 17.8. The van der Waals surface area contributed by atoms with Crippen molar-refractivity contribution in [1.82, 2.24) is 9.47 Å². The summed E-state index contributed by atoms with van der Waals surface area (Å²) in [6.07, 6.45) is 4.37. The Hall–Kier alpha value is -2.63. The Labute approximate surface area is 145 Å². The number of hydrogen-bond acceptors (Lipinski definition) is 3. The maximum absolute atomic E-state index is 13.2. The van der Waals surface area contributed by atoms with E-state index in [1.54, 1.807) is 35.4 Å². The van der Waals surface area contributed by atoms with Crippen molar-refractivity contribution < 1.29 is 13.9 Å². The summed E-state index contributed by atoms with van der Waals surface area (Å²) in [5.74, 6) is -0.200. The van der Waals surface area contributed by atoms with E-state index in [4.69, 9.17) is 4.74 Å². The van der Waals surface area contributed by atoms with Crippen molar-refractivity contribution >= 4 is 5.91 Å². The van der Waals surface area contributed by atoms with Crippen LogP contribution in [-0.2, 0) is 11.3 Å². The molecule has 0 saturated carbocycles. The molecule has 0 radical (unpaired) electrons. The van der Waals surface area contributed by atoms with Gasteiger partial charge in [-0.05, 0) is 49.1 Å². The number of halogens is 1. The molecule has 0 aliphatic carbocycles. The summed E-state index contributed by atoms with van der Waals surface area (Å²) in [6, 6.07) is 9.46. The fourth-order valence-electron chi connectivity index (χ4n) is 3.29. The molecule has 0 spiro atoms. The summed E-state index contributed by atoms with van der Waals surface area (Å²) in [4.78, 5) is 26.8. The Morgan fingerprint density at radius 3 is 2.72 bits per heavy atom. The molecule has 2 heterocycles. The first-order chi connectivity index (χ1) is 12.1. The molecule has 1 amide bonds. The topological polar surface area (TPSA) is 51.5 Å². The Morgan fingerprint density at radius 1 is 1.24 bits per heavy atom. The highest BCUT2D eigenvalue weighted by atomic mass is 19.1. The summed E-state index contributed by atoms with van der Waals surface area (Å²) < 4.78 is 19.6. The van der Waals surface area contributed by atoms with Crippen LogP contribution in [0.3, 0.4) is 0 Å². The normalized spacial score (nSPS) is 17.4. The highest BCUT2D eigenvalue weighted by Crippen LogP contribution is 2.31. The van der Waals surface area contributed by atoms with Crippen LogP contribution in [0.25, 0.3) is 0 Å². The van der Waals surface area contributed by atoms with Crippen molar-refractivity contribution in [2.75, 3.05) is 13.7 Å². The number of piperidine rings is 1. The molecule has 0 N–H and O–H groups in total. The minimum Gasteiger partial charge on any atom is -0.491 e. The van der Waals surface area contributed by atoms with Gasteiger partial charge in [0, 0.05) is 12.7 Å². The van der Waals surface area contributed by atoms with Gasteiger partial charge in [-0.1, -0.05) is 12.1 Å². The van der Waals surface area contributed by atoms with E-state index in [0.717, 1.165) is 24.8 Å². The molecule has 132 valence electrons. The lowest BCUT2D eigenvalue weighted by atomic mass is 9.95. The summed E-state index contributed by atoms with van der Waals surface area (Å²) in [7, 11) is 1.43. The maximum atomic E-state index is 13.2. The van der Waals surface area contributed by atoms with Crippen LogP contribution >= 0.6 is 0 Å². The van der Waals surface area contributed by atoms with Crippen LogP contribution in [0.5, 0.6) is 5.75 Å².